The van der Waals surface area contributed by atoms with Gasteiger partial charge >= 0.3 is 18.0 Å². The lowest BCUT2D eigenvalue weighted by molar-refractivity contribution is 0.0532. The molecule has 0 radical (unpaired) electrons. The van der Waals surface area contributed by atoms with Gasteiger partial charge < -0.3 is 19.2 Å². The minimum absolute atomic E-state index is 0.0966. The molecule has 0 spiro atoms. The van der Waals surface area contributed by atoms with E-state index in [0.29, 0.717) is 39.7 Å². The van der Waals surface area contributed by atoms with Gasteiger partial charge in [-0.05, 0) is 33.3 Å². The molecule has 0 saturated heterocycles. The van der Waals surface area contributed by atoms with Gasteiger partial charge in [0.05, 0.1) is 23.1 Å². The van der Waals surface area contributed by atoms with Crippen LogP contribution in [0.3, 0.4) is 0 Å². The maximum atomic E-state index is 12.9. The molecule has 0 bridgehead atoms. The normalized spacial score (nSPS) is 12.3. The van der Waals surface area contributed by atoms with Crippen molar-refractivity contribution in [2.45, 2.75) is 53.2 Å². The number of hydrogen-bond acceptors (Lipinski definition) is 9. The Morgan fingerprint density at radius 1 is 1.28 bits per heavy atom. The molecule has 1 N–H and O–H groups in total. The second-order valence-corrected chi connectivity index (χ2v) is 9.68. The molecule has 11 nitrogen and oxygen atoms in total. The summed E-state index contributed by atoms with van der Waals surface area (Å²) >= 11 is 1.20. The van der Waals surface area contributed by atoms with E-state index in [4.69, 9.17) is 13.9 Å². The van der Waals surface area contributed by atoms with Gasteiger partial charge in [0.25, 0.3) is 0 Å². The summed E-state index contributed by atoms with van der Waals surface area (Å²) in [4.78, 5) is 50.0. The highest BCUT2D eigenvalue weighted by molar-refractivity contribution is 7.16. The molecule has 3 aromatic rings. The van der Waals surface area contributed by atoms with Crippen LogP contribution >= 0.6 is 11.3 Å². The number of amides is 2. The highest BCUT2D eigenvalue weighted by Crippen LogP contribution is 2.18. The van der Waals surface area contributed by atoms with Crippen LogP contribution < -0.4 is 10.1 Å². The van der Waals surface area contributed by atoms with E-state index in [1.54, 1.807) is 50.5 Å². The minimum Gasteiger partial charge on any atom is -0.465 e. The molecule has 0 unspecified atom stereocenters. The molecule has 3 heterocycles. The number of fused-ring (bicyclic) bond motifs is 1. The first-order valence-electron chi connectivity index (χ1n) is 11.3. The lowest BCUT2D eigenvalue weighted by Crippen LogP contribution is -2.32. The van der Waals surface area contributed by atoms with Crippen molar-refractivity contribution in [3.8, 4) is 0 Å². The van der Waals surface area contributed by atoms with Gasteiger partial charge in [0.15, 0.2) is 16.3 Å². The summed E-state index contributed by atoms with van der Waals surface area (Å²) in [6, 6.07) is 1.64. The number of carbonyl (C=O) groups is 3. The average molecular weight is 516 g/mol. The van der Waals surface area contributed by atoms with Crippen LogP contribution in [0.2, 0.25) is 0 Å². The maximum absolute atomic E-state index is 12.9. The Hall–Kier alpha value is -3.80. The minimum atomic E-state index is -0.587. The number of aryl methyl sites for hydroxylation is 2. The third-order valence-electron chi connectivity index (χ3n) is 4.69. The van der Waals surface area contributed by atoms with Crippen LogP contribution in [-0.4, -0.2) is 51.8 Å². The average Bonchev–Trinajstić information content (AvgIpc) is 3.36. The van der Waals surface area contributed by atoms with Crippen LogP contribution in [0.15, 0.2) is 33.8 Å². The van der Waals surface area contributed by atoms with Gasteiger partial charge in [0.2, 0.25) is 5.76 Å². The van der Waals surface area contributed by atoms with Gasteiger partial charge in [-0.1, -0.05) is 30.4 Å². The monoisotopic (exact) mass is 515 g/mol. The third kappa shape index (κ3) is 6.66. The van der Waals surface area contributed by atoms with Crippen LogP contribution in [0.1, 0.15) is 60.2 Å². The Labute approximate surface area is 211 Å². The number of nitrogens with zero attached hydrogens (tertiary/aromatic N) is 4. The molecule has 3 aromatic heterocycles. The molecular weight excluding hydrogens is 486 g/mol. The molecule has 3 rings (SSSR count). The molecule has 12 heteroatoms. The first kappa shape index (κ1) is 26.8. The molecule has 0 aliphatic rings. The summed E-state index contributed by atoms with van der Waals surface area (Å²) in [5.74, 6) is -0.591. The maximum Gasteiger partial charge on any atom is 0.407 e. The van der Waals surface area contributed by atoms with Crippen molar-refractivity contribution in [2.24, 2.45) is 4.99 Å². The highest BCUT2D eigenvalue weighted by Gasteiger charge is 2.19. The van der Waals surface area contributed by atoms with Crippen LogP contribution in [0.5, 0.6) is 0 Å². The lowest BCUT2D eigenvalue weighted by atomic mass is 10.2. The number of carbonyl (C=O) groups excluding carboxylic acids is 3. The molecule has 0 aliphatic heterocycles. The molecule has 36 heavy (non-hydrogen) atoms. The standard InChI is InChI=1S/C24H29N5O6S/c1-7-16-18(34-14(2)27-16)20(30)28-22-29(11-9-8-10-25-23(32)35-24(3,4)5)19-17(36-22)12-15(13-26-19)21(31)33-6/h8-9,12-13H,7,10-11H2,1-6H3,(H,25,32)/b9-8+,28-22?. The zero-order chi connectivity index (χ0) is 26.5. The fraction of sp³-hybridized carbons (Fsp3) is 0.417. The number of hydrogen-bond donors (Lipinski definition) is 1. The van der Waals surface area contributed by atoms with E-state index < -0.39 is 23.6 Å². The molecule has 0 fully saturated rings. The van der Waals surface area contributed by atoms with Gasteiger partial charge in [0, 0.05) is 26.2 Å². The molecule has 0 saturated carbocycles. The van der Waals surface area contributed by atoms with E-state index in [-0.39, 0.29) is 17.9 Å². The number of methoxy groups -OCH3 is 1. The van der Waals surface area contributed by atoms with Crippen molar-refractivity contribution in [3.63, 3.8) is 0 Å². The second kappa shape index (κ2) is 11.3. The first-order valence-corrected chi connectivity index (χ1v) is 12.1. The van der Waals surface area contributed by atoms with Crippen molar-refractivity contribution in [1.29, 1.82) is 0 Å². The van der Waals surface area contributed by atoms with Crippen molar-refractivity contribution in [2.75, 3.05) is 13.7 Å². The van der Waals surface area contributed by atoms with E-state index in [1.807, 2.05) is 6.92 Å². The second-order valence-electron chi connectivity index (χ2n) is 8.67. The smallest absolute Gasteiger partial charge is 0.407 e. The van der Waals surface area contributed by atoms with Crippen LogP contribution in [0.4, 0.5) is 4.79 Å². The fourth-order valence-corrected chi connectivity index (χ4v) is 4.21. The van der Waals surface area contributed by atoms with Gasteiger partial charge in [-0.3, -0.25) is 9.36 Å². The van der Waals surface area contributed by atoms with Gasteiger partial charge in [0.1, 0.15) is 5.60 Å². The quantitative estimate of drug-likeness (QED) is 0.372. The van der Waals surface area contributed by atoms with Gasteiger partial charge in [-0.15, -0.1) is 0 Å². The first-order chi connectivity index (χ1) is 17.0. The van der Waals surface area contributed by atoms with E-state index in [0.717, 1.165) is 0 Å². The summed E-state index contributed by atoms with van der Waals surface area (Å²) in [6.45, 7) is 9.47. The van der Waals surface area contributed by atoms with E-state index in [1.165, 1.54) is 24.6 Å². The van der Waals surface area contributed by atoms with E-state index >= 15 is 0 Å². The number of thiazole rings is 1. The Kier molecular flexibility index (Phi) is 8.41. The van der Waals surface area contributed by atoms with Crippen LogP contribution in [0, 0.1) is 6.92 Å². The van der Waals surface area contributed by atoms with Crippen molar-refractivity contribution in [1.82, 2.24) is 19.9 Å². The fourth-order valence-electron chi connectivity index (χ4n) is 3.17. The summed E-state index contributed by atoms with van der Waals surface area (Å²) in [7, 11) is 1.29. The number of nitrogens with one attached hydrogen (secondary N) is 1. The largest absolute Gasteiger partial charge is 0.465 e. The zero-order valence-electron chi connectivity index (χ0n) is 21.1. The lowest BCUT2D eigenvalue weighted by Gasteiger charge is -2.19. The molecular formula is C24H29N5O6S. The molecule has 0 aliphatic carbocycles. The highest BCUT2D eigenvalue weighted by atomic mass is 32.1. The van der Waals surface area contributed by atoms with E-state index in [2.05, 4.69) is 20.3 Å². The molecule has 0 atom stereocenters. The van der Waals surface area contributed by atoms with Crippen molar-refractivity contribution < 1.29 is 28.3 Å². The Balaban J connectivity index is 1.92. The van der Waals surface area contributed by atoms with Crippen molar-refractivity contribution in [3.05, 3.63) is 52.1 Å². The van der Waals surface area contributed by atoms with E-state index in [9.17, 15) is 14.4 Å². The number of ether oxygens (including phenoxy) is 2. The summed E-state index contributed by atoms with van der Waals surface area (Å²) in [6.07, 6.45) is 4.97. The number of pyridine rings is 1. The predicted molar refractivity (Wildman–Crippen MR) is 133 cm³/mol. The number of oxazole rings is 1. The van der Waals surface area contributed by atoms with Crippen molar-refractivity contribution >= 4 is 39.7 Å². The zero-order valence-corrected chi connectivity index (χ0v) is 21.9. The number of allylic oxidation sites excluding steroid dienone is 1. The van der Waals surface area contributed by atoms with Crippen LogP contribution in [-0.2, 0) is 22.4 Å². The summed E-state index contributed by atoms with van der Waals surface area (Å²) in [5.41, 5.74) is 0.769. The SMILES string of the molecule is CCc1nc(C)oc1C(=O)N=c1sc2cc(C(=O)OC)cnc2n1C/C=C/CNC(=O)OC(C)(C)C. The molecule has 192 valence electrons. The topological polar surface area (TPSA) is 138 Å². The summed E-state index contributed by atoms with van der Waals surface area (Å²) in [5, 5.41) is 2.65. The van der Waals surface area contributed by atoms with Crippen LogP contribution in [0.25, 0.3) is 10.3 Å². The molecule has 2 amide bonds. The summed E-state index contributed by atoms with van der Waals surface area (Å²) < 4.78 is 17.9. The van der Waals surface area contributed by atoms with Gasteiger partial charge in [-0.2, -0.15) is 4.99 Å². The third-order valence-corrected chi connectivity index (χ3v) is 5.70. The Morgan fingerprint density at radius 2 is 2.03 bits per heavy atom. The number of rotatable bonds is 7. The molecule has 0 aromatic carbocycles. The predicted octanol–water partition coefficient (Wildman–Crippen LogP) is 3.57. The number of alkyl carbamates (subject to hydrolysis) is 1. The number of aromatic nitrogens is 3. The van der Waals surface area contributed by atoms with Gasteiger partial charge in [-0.25, -0.2) is 19.6 Å². The Bertz CT molecular complexity index is 1380. The Morgan fingerprint density at radius 3 is 2.69 bits per heavy atom. The number of esters is 1.